The highest BCUT2D eigenvalue weighted by Crippen LogP contribution is 2.25. The molecular weight excluding hydrogens is 378 g/mol. The van der Waals surface area contributed by atoms with Crippen molar-refractivity contribution >= 4 is 28.2 Å². The van der Waals surface area contributed by atoms with E-state index in [0.29, 0.717) is 16.7 Å². The predicted molar refractivity (Wildman–Crippen MR) is 106 cm³/mol. The van der Waals surface area contributed by atoms with Crippen LogP contribution in [0, 0.1) is 0 Å². The van der Waals surface area contributed by atoms with Gasteiger partial charge in [-0.05, 0) is 29.6 Å². The molecule has 3 heterocycles. The SMILES string of the molecule is COc1cccc2cc(C(=O)NC[C@H](c3cccs3)n3cccn3)c(=O)oc12. The van der Waals surface area contributed by atoms with Crippen molar-refractivity contribution in [2.75, 3.05) is 13.7 Å². The summed E-state index contributed by atoms with van der Waals surface area (Å²) < 4.78 is 12.3. The van der Waals surface area contributed by atoms with Gasteiger partial charge in [-0.25, -0.2) is 4.79 Å². The number of carbonyl (C=O) groups excluding carboxylic acids is 1. The molecule has 1 N–H and O–H groups in total. The van der Waals surface area contributed by atoms with Gasteiger partial charge in [0.1, 0.15) is 11.6 Å². The van der Waals surface area contributed by atoms with Crippen molar-refractivity contribution in [1.82, 2.24) is 15.1 Å². The molecule has 0 radical (unpaired) electrons. The molecule has 0 saturated heterocycles. The van der Waals surface area contributed by atoms with E-state index in [9.17, 15) is 9.59 Å². The molecule has 1 aromatic carbocycles. The fourth-order valence-electron chi connectivity index (χ4n) is 2.99. The number of amides is 1. The van der Waals surface area contributed by atoms with Gasteiger partial charge >= 0.3 is 5.63 Å². The van der Waals surface area contributed by atoms with Crippen molar-refractivity contribution in [3.8, 4) is 5.75 Å². The first kappa shape index (κ1) is 18.0. The van der Waals surface area contributed by atoms with Crippen LogP contribution in [-0.2, 0) is 0 Å². The smallest absolute Gasteiger partial charge is 0.349 e. The van der Waals surface area contributed by atoms with Crippen LogP contribution in [0.1, 0.15) is 21.3 Å². The molecule has 28 heavy (non-hydrogen) atoms. The molecule has 0 saturated carbocycles. The third-order valence-electron chi connectivity index (χ3n) is 4.36. The zero-order valence-corrected chi connectivity index (χ0v) is 15.8. The molecule has 8 heteroatoms. The largest absolute Gasteiger partial charge is 0.493 e. The van der Waals surface area contributed by atoms with Gasteiger partial charge in [-0.1, -0.05) is 18.2 Å². The van der Waals surface area contributed by atoms with Crippen molar-refractivity contribution in [1.29, 1.82) is 0 Å². The summed E-state index contributed by atoms with van der Waals surface area (Å²) in [5.74, 6) is -0.0508. The van der Waals surface area contributed by atoms with Crippen LogP contribution in [0.4, 0.5) is 0 Å². The number of para-hydroxylation sites is 1. The molecule has 4 aromatic rings. The van der Waals surface area contributed by atoms with E-state index in [1.165, 1.54) is 13.2 Å². The topological polar surface area (TPSA) is 86.4 Å². The standard InChI is InChI=1S/C20H17N3O4S/c1-26-16-6-2-5-13-11-14(20(25)27-18(13)16)19(24)21-12-15(17-7-3-10-28-17)23-9-4-8-22-23/h2-11,15H,12H2,1H3,(H,21,24)/t15-/m1/s1. The fraction of sp³-hybridized carbons (Fsp3) is 0.150. The highest BCUT2D eigenvalue weighted by Gasteiger charge is 2.19. The normalized spacial score (nSPS) is 12.0. The zero-order valence-electron chi connectivity index (χ0n) is 15.0. The summed E-state index contributed by atoms with van der Waals surface area (Å²) in [6, 6.07) is 12.3. The quantitative estimate of drug-likeness (QED) is 0.507. The number of nitrogens with one attached hydrogen (secondary N) is 1. The number of hydrogen-bond acceptors (Lipinski definition) is 6. The lowest BCUT2D eigenvalue weighted by Gasteiger charge is -2.17. The minimum Gasteiger partial charge on any atom is -0.493 e. The van der Waals surface area contributed by atoms with Crippen molar-refractivity contribution in [3.63, 3.8) is 0 Å². The van der Waals surface area contributed by atoms with E-state index in [1.807, 2.05) is 29.8 Å². The number of benzene rings is 1. The van der Waals surface area contributed by atoms with Gasteiger partial charge in [-0.3, -0.25) is 9.48 Å². The van der Waals surface area contributed by atoms with Crippen LogP contribution in [0.3, 0.4) is 0 Å². The van der Waals surface area contributed by atoms with E-state index in [1.54, 1.807) is 40.4 Å². The van der Waals surface area contributed by atoms with E-state index in [-0.39, 0.29) is 18.2 Å². The van der Waals surface area contributed by atoms with E-state index < -0.39 is 11.5 Å². The maximum absolute atomic E-state index is 12.7. The molecule has 4 rings (SSSR count). The summed E-state index contributed by atoms with van der Waals surface area (Å²) in [7, 11) is 1.50. The maximum Gasteiger partial charge on any atom is 0.349 e. The Labute approximate surface area is 164 Å². The van der Waals surface area contributed by atoms with Crippen LogP contribution in [0.15, 0.2) is 69.5 Å². The second kappa shape index (κ2) is 7.69. The highest BCUT2D eigenvalue weighted by atomic mass is 32.1. The van der Waals surface area contributed by atoms with Gasteiger partial charge in [0.05, 0.1) is 7.11 Å². The molecular formula is C20H17N3O4S. The molecule has 7 nitrogen and oxygen atoms in total. The Morgan fingerprint density at radius 2 is 2.21 bits per heavy atom. The average Bonchev–Trinajstić information content (AvgIpc) is 3.42. The van der Waals surface area contributed by atoms with Crippen molar-refractivity contribution in [3.05, 3.63) is 81.1 Å². The molecule has 0 aliphatic rings. The lowest BCUT2D eigenvalue weighted by molar-refractivity contribution is 0.0946. The Morgan fingerprint density at radius 1 is 1.32 bits per heavy atom. The van der Waals surface area contributed by atoms with Gasteiger partial charge in [0.15, 0.2) is 11.3 Å². The summed E-state index contributed by atoms with van der Waals surface area (Å²) in [6.07, 6.45) is 3.53. The summed E-state index contributed by atoms with van der Waals surface area (Å²) >= 11 is 1.58. The average molecular weight is 395 g/mol. The molecule has 0 fully saturated rings. The molecule has 0 spiro atoms. The number of ether oxygens (including phenoxy) is 1. The molecule has 0 aliphatic carbocycles. The van der Waals surface area contributed by atoms with Crippen LogP contribution in [0.2, 0.25) is 0 Å². The van der Waals surface area contributed by atoms with Gasteiger partial charge < -0.3 is 14.5 Å². The first-order valence-electron chi connectivity index (χ1n) is 8.59. The number of thiophene rings is 1. The predicted octanol–water partition coefficient (Wildman–Crippen LogP) is 3.08. The van der Waals surface area contributed by atoms with Crippen molar-refractivity contribution in [2.45, 2.75) is 6.04 Å². The van der Waals surface area contributed by atoms with Gasteiger partial charge in [-0.2, -0.15) is 5.10 Å². The molecule has 0 aliphatic heterocycles. The number of nitrogens with zero attached hydrogens (tertiary/aromatic N) is 2. The number of methoxy groups -OCH3 is 1. The van der Waals surface area contributed by atoms with Crippen molar-refractivity contribution in [2.24, 2.45) is 0 Å². The van der Waals surface area contributed by atoms with Gasteiger partial charge in [0.2, 0.25) is 0 Å². The highest BCUT2D eigenvalue weighted by molar-refractivity contribution is 7.10. The second-order valence-electron chi connectivity index (χ2n) is 6.05. The van der Waals surface area contributed by atoms with Gasteiger partial charge in [-0.15, -0.1) is 11.3 Å². The lowest BCUT2D eigenvalue weighted by Crippen LogP contribution is -2.33. The van der Waals surface area contributed by atoms with Crippen molar-refractivity contribution < 1.29 is 13.9 Å². The molecule has 1 atom stereocenters. The molecule has 3 aromatic heterocycles. The Balaban J connectivity index is 1.59. The summed E-state index contributed by atoms with van der Waals surface area (Å²) in [5, 5.41) is 9.69. The Morgan fingerprint density at radius 3 is 2.93 bits per heavy atom. The van der Waals surface area contributed by atoms with E-state index in [0.717, 1.165) is 4.88 Å². The van der Waals surface area contributed by atoms with E-state index in [2.05, 4.69) is 10.4 Å². The Bertz CT molecular complexity index is 1120. The minimum absolute atomic E-state index is 0.0499. The molecule has 1 amide bonds. The van der Waals surface area contributed by atoms with Crippen LogP contribution in [0.25, 0.3) is 11.0 Å². The maximum atomic E-state index is 12.7. The van der Waals surface area contributed by atoms with Gasteiger partial charge in [0.25, 0.3) is 5.91 Å². The van der Waals surface area contributed by atoms with E-state index >= 15 is 0 Å². The lowest BCUT2D eigenvalue weighted by atomic mass is 10.1. The number of aromatic nitrogens is 2. The number of carbonyl (C=O) groups is 1. The number of fused-ring (bicyclic) bond motifs is 1. The molecule has 0 unspecified atom stereocenters. The van der Waals surface area contributed by atoms with Crippen LogP contribution in [-0.4, -0.2) is 29.3 Å². The number of hydrogen-bond donors (Lipinski definition) is 1. The summed E-state index contributed by atoms with van der Waals surface area (Å²) in [4.78, 5) is 26.1. The Kier molecular flexibility index (Phi) is 4.94. The second-order valence-corrected chi connectivity index (χ2v) is 7.03. The number of rotatable bonds is 6. The summed E-state index contributed by atoms with van der Waals surface area (Å²) in [5.41, 5.74) is -0.438. The minimum atomic E-state index is -0.707. The molecule has 0 bridgehead atoms. The first-order valence-corrected chi connectivity index (χ1v) is 9.47. The van der Waals surface area contributed by atoms with Crippen LogP contribution in [0.5, 0.6) is 5.75 Å². The summed E-state index contributed by atoms with van der Waals surface area (Å²) in [6.45, 7) is 0.288. The van der Waals surface area contributed by atoms with Crippen LogP contribution >= 0.6 is 11.3 Å². The third-order valence-corrected chi connectivity index (χ3v) is 5.33. The van der Waals surface area contributed by atoms with Crippen LogP contribution < -0.4 is 15.7 Å². The monoisotopic (exact) mass is 395 g/mol. The first-order chi connectivity index (χ1) is 13.7. The molecule has 142 valence electrons. The third kappa shape index (κ3) is 3.41. The van der Waals surface area contributed by atoms with E-state index in [4.69, 9.17) is 9.15 Å². The van der Waals surface area contributed by atoms with Gasteiger partial charge in [0, 0.05) is 29.2 Å². The Hall–Kier alpha value is -3.39. The fourth-order valence-corrected chi connectivity index (χ4v) is 3.81. The zero-order chi connectivity index (χ0) is 19.5.